The van der Waals surface area contributed by atoms with Gasteiger partial charge >= 0.3 is 0 Å². The normalized spacial score (nSPS) is 10.8. The summed E-state index contributed by atoms with van der Waals surface area (Å²) in [5, 5.41) is 10.5. The number of Topliss-reactive ketones (excluding diaryl/α,β-unsaturated/α-hetero) is 1. The van der Waals surface area contributed by atoms with Crippen molar-refractivity contribution in [2.75, 3.05) is 13.1 Å². The second-order valence-electron chi connectivity index (χ2n) is 3.99. The average Bonchev–Trinajstić information content (AvgIpc) is 2.70. The summed E-state index contributed by atoms with van der Waals surface area (Å²) in [6.45, 7) is 5.09. The van der Waals surface area contributed by atoms with Gasteiger partial charge in [0, 0.05) is 23.5 Å². The maximum absolute atomic E-state index is 12.1. The number of ketones is 1. The topological polar surface area (TPSA) is 44.1 Å². The fourth-order valence-corrected chi connectivity index (χ4v) is 2.99. The van der Waals surface area contributed by atoms with E-state index in [9.17, 15) is 4.79 Å². The molecule has 92 valence electrons. The van der Waals surface area contributed by atoms with Crippen molar-refractivity contribution in [3.05, 3.63) is 20.8 Å². The van der Waals surface area contributed by atoms with Crippen molar-refractivity contribution in [1.82, 2.24) is 4.90 Å². The monoisotopic (exact) mass is 314 g/mol. The highest BCUT2D eigenvalue weighted by Gasteiger charge is 2.17. The molecular formula is C12H15BrN2OS. The van der Waals surface area contributed by atoms with Gasteiger partial charge in [0.15, 0.2) is 5.78 Å². The zero-order valence-electron chi connectivity index (χ0n) is 9.94. The Bertz CT molecular complexity index is 422. The molecule has 3 nitrogen and oxygen atoms in total. The van der Waals surface area contributed by atoms with Crippen LogP contribution in [0.3, 0.4) is 0 Å². The van der Waals surface area contributed by atoms with Gasteiger partial charge in [-0.3, -0.25) is 9.69 Å². The van der Waals surface area contributed by atoms with E-state index >= 15 is 0 Å². The van der Waals surface area contributed by atoms with Crippen LogP contribution in [0.25, 0.3) is 0 Å². The minimum Gasteiger partial charge on any atom is -0.292 e. The van der Waals surface area contributed by atoms with E-state index in [0.717, 1.165) is 9.35 Å². The molecule has 0 aliphatic rings. The number of rotatable bonds is 6. The lowest BCUT2D eigenvalue weighted by Crippen LogP contribution is -2.36. The predicted octanol–water partition coefficient (Wildman–Crippen LogP) is 3.32. The van der Waals surface area contributed by atoms with E-state index in [0.29, 0.717) is 19.5 Å². The van der Waals surface area contributed by atoms with Gasteiger partial charge in [-0.2, -0.15) is 5.26 Å². The number of hydrogen-bond acceptors (Lipinski definition) is 4. The Morgan fingerprint density at radius 3 is 2.82 bits per heavy atom. The molecule has 0 bridgehead atoms. The molecule has 0 radical (unpaired) electrons. The third-order valence-corrected chi connectivity index (χ3v) is 4.34. The summed E-state index contributed by atoms with van der Waals surface area (Å²) in [6, 6.07) is 4.26. The molecule has 1 heterocycles. The number of nitrogens with zero attached hydrogens (tertiary/aromatic N) is 2. The van der Waals surface area contributed by atoms with Crippen LogP contribution >= 0.6 is 27.3 Å². The minimum atomic E-state index is 0.110. The van der Waals surface area contributed by atoms with E-state index in [1.807, 2.05) is 30.2 Å². The van der Waals surface area contributed by atoms with Crippen molar-refractivity contribution in [2.45, 2.75) is 26.3 Å². The second-order valence-corrected chi connectivity index (χ2v) is 5.76. The third kappa shape index (κ3) is 4.23. The largest absolute Gasteiger partial charge is 0.292 e. The predicted molar refractivity (Wildman–Crippen MR) is 73.3 cm³/mol. The van der Waals surface area contributed by atoms with Gasteiger partial charge < -0.3 is 0 Å². The van der Waals surface area contributed by atoms with Crippen LogP contribution in [0, 0.1) is 11.3 Å². The molecule has 0 aromatic carbocycles. The highest BCUT2D eigenvalue weighted by Crippen LogP contribution is 2.23. The molecule has 1 aromatic rings. The average molecular weight is 315 g/mol. The summed E-state index contributed by atoms with van der Waals surface area (Å²) >= 11 is 4.81. The van der Waals surface area contributed by atoms with Gasteiger partial charge in [0.25, 0.3) is 0 Å². The van der Waals surface area contributed by atoms with Crippen molar-refractivity contribution in [2.24, 2.45) is 0 Å². The molecule has 0 unspecified atom stereocenters. The number of hydrogen-bond donors (Lipinski definition) is 0. The molecule has 0 amide bonds. The molecule has 0 saturated carbocycles. The van der Waals surface area contributed by atoms with Crippen LogP contribution in [0.1, 0.15) is 29.9 Å². The van der Waals surface area contributed by atoms with Crippen molar-refractivity contribution >= 4 is 33.0 Å². The molecule has 0 aliphatic carbocycles. The van der Waals surface area contributed by atoms with Gasteiger partial charge in [0.05, 0.1) is 17.5 Å². The van der Waals surface area contributed by atoms with Crippen molar-refractivity contribution in [3.8, 4) is 6.07 Å². The molecule has 1 aromatic heterocycles. The molecule has 1 rings (SSSR count). The summed E-state index contributed by atoms with van der Waals surface area (Å²) in [7, 11) is 0. The van der Waals surface area contributed by atoms with Crippen LogP contribution in [-0.2, 0) is 0 Å². The van der Waals surface area contributed by atoms with Gasteiger partial charge in [-0.05, 0) is 41.2 Å². The Morgan fingerprint density at radius 2 is 2.35 bits per heavy atom. The van der Waals surface area contributed by atoms with E-state index < -0.39 is 0 Å². The smallest absolute Gasteiger partial charge is 0.187 e. The lowest BCUT2D eigenvalue weighted by molar-refractivity contribution is 0.0911. The van der Waals surface area contributed by atoms with Crippen LogP contribution in [0.5, 0.6) is 0 Å². The lowest BCUT2D eigenvalue weighted by Gasteiger charge is -2.24. The first-order valence-electron chi connectivity index (χ1n) is 5.43. The fraction of sp³-hybridized carbons (Fsp3) is 0.500. The SMILES string of the molecule is CC(C)N(CCC#N)CC(=O)c1sccc1Br. The highest BCUT2D eigenvalue weighted by atomic mass is 79.9. The Kier molecular flexibility index (Phi) is 5.83. The third-order valence-electron chi connectivity index (χ3n) is 2.46. The van der Waals surface area contributed by atoms with E-state index in [2.05, 4.69) is 22.0 Å². The first kappa shape index (κ1) is 14.4. The fourth-order valence-electron chi connectivity index (χ4n) is 1.46. The number of carbonyl (C=O) groups is 1. The Morgan fingerprint density at radius 1 is 1.65 bits per heavy atom. The zero-order valence-corrected chi connectivity index (χ0v) is 12.3. The molecule has 0 fully saturated rings. The molecular weight excluding hydrogens is 300 g/mol. The van der Waals surface area contributed by atoms with Crippen molar-refractivity contribution in [1.29, 1.82) is 5.26 Å². The number of carbonyl (C=O) groups excluding carboxylic acids is 1. The summed E-state index contributed by atoms with van der Waals surface area (Å²) in [5.41, 5.74) is 0. The molecule has 5 heteroatoms. The van der Waals surface area contributed by atoms with E-state index in [1.165, 1.54) is 11.3 Å². The Balaban J connectivity index is 2.65. The maximum Gasteiger partial charge on any atom is 0.187 e. The standard InChI is InChI=1S/C12H15BrN2OS/c1-9(2)15(6-3-5-14)8-11(16)12-10(13)4-7-17-12/h4,7,9H,3,6,8H2,1-2H3. The molecule has 0 atom stereocenters. The lowest BCUT2D eigenvalue weighted by atomic mass is 10.2. The summed E-state index contributed by atoms with van der Waals surface area (Å²) in [6.07, 6.45) is 0.455. The van der Waals surface area contributed by atoms with E-state index in [4.69, 9.17) is 5.26 Å². The van der Waals surface area contributed by atoms with Gasteiger partial charge in [-0.15, -0.1) is 11.3 Å². The second kappa shape index (κ2) is 6.90. The van der Waals surface area contributed by atoms with Gasteiger partial charge in [-0.25, -0.2) is 0 Å². The van der Waals surface area contributed by atoms with Gasteiger partial charge in [-0.1, -0.05) is 0 Å². The van der Waals surface area contributed by atoms with Crippen LogP contribution in [-0.4, -0.2) is 29.8 Å². The van der Waals surface area contributed by atoms with Crippen LogP contribution in [0.15, 0.2) is 15.9 Å². The zero-order chi connectivity index (χ0) is 12.8. The van der Waals surface area contributed by atoms with Crippen molar-refractivity contribution < 1.29 is 4.79 Å². The van der Waals surface area contributed by atoms with E-state index in [-0.39, 0.29) is 11.8 Å². The van der Waals surface area contributed by atoms with Gasteiger partial charge in [0.1, 0.15) is 0 Å². The number of nitriles is 1. The molecule has 17 heavy (non-hydrogen) atoms. The Labute approximate surface area is 114 Å². The quantitative estimate of drug-likeness (QED) is 0.757. The summed E-state index contributed by atoms with van der Waals surface area (Å²) < 4.78 is 0.858. The van der Waals surface area contributed by atoms with Gasteiger partial charge in [0.2, 0.25) is 0 Å². The van der Waals surface area contributed by atoms with Crippen molar-refractivity contribution in [3.63, 3.8) is 0 Å². The number of halogens is 1. The molecule has 0 saturated heterocycles. The maximum atomic E-state index is 12.1. The molecule has 0 N–H and O–H groups in total. The number of thiophene rings is 1. The first-order valence-corrected chi connectivity index (χ1v) is 7.10. The first-order chi connectivity index (χ1) is 8.06. The van der Waals surface area contributed by atoms with E-state index in [1.54, 1.807) is 0 Å². The Hall–Kier alpha value is -0.700. The molecule has 0 aliphatic heterocycles. The van der Waals surface area contributed by atoms with Crippen LogP contribution in [0.4, 0.5) is 0 Å². The van der Waals surface area contributed by atoms with Crippen LogP contribution < -0.4 is 0 Å². The minimum absolute atomic E-state index is 0.110. The summed E-state index contributed by atoms with van der Waals surface area (Å²) in [5.74, 6) is 0.110. The summed E-state index contributed by atoms with van der Waals surface area (Å²) in [4.78, 5) is 14.8. The van der Waals surface area contributed by atoms with Crippen LogP contribution in [0.2, 0.25) is 0 Å². The highest BCUT2D eigenvalue weighted by molar-refractivity contribution is 9.10. The molecule has 0 spiro atoms.